The average molecular weight is 389 g/mol. The van der Waals surface area contributed by atoms with Gasteiger partial charge in [0, 0.05) is 16.7 Å². The summed E-state index contributed by atoms with van der Waals surface area (Å²) in [5.74, 6) is 0.618. The molecule has 136 valence electrons. The Morgan fingerprint density at radius 2 is 1.96 bits per heavy atom. The highest BCUT2D eigenvalue weighted by Crippen LogP contribution is 2.29. The van der Waals surface area contributed by atoms with Gasteiger partial charge in [0.1, 0.15) is 5.01 Å². The van der Waals surface area contributed by atoms with Gasteiger partial charge in [0.15, 0.2) is 10.9 Å². The van der Waals surface area contributed by atoms with Crippen LogP contribution in [0.3, 0.4) is 0 Å². The molecule has 0 bridgehead atoms. The molecule has 2 N–H and O–H groups in total. The van der Waals surface area contributed by atoms with E-state index in [1.165, 1.54) is 11.3 Å². The first-order valence-electron chi connectivity index (χ1n) is 8.07. The maximum Gasteiger partial charge on any atom is 0.234 e. The van der Waals surface area contributed by atoms with Gasteiger partial charge in [-0.25, -0.2) is 0 Å². The molecule has 1 aromatic carbocycles. The number of nitrogens with zero attached hydrogens (tertiary/aromatic N) is 4. The summed E-state index contributed by atoms with van der Waals surface area (Å²) in [6.07, 6.45) is 0. The van der Waals surface area contributed by atoms with Crippen molar-refractivity contribution in [1.82, 2.24) is 25.1 Å². The number of benzene rings is 1. The number of thiocarbonyl (C=S) groups is 1. The Hall–Kier alpha value is -2.39. The summed E-state index contributed by atoms with van der Waals surface area (Å²) in [5.41, 5.74) is 2.27. The van der Waals surface area contributed by atoms with Crippen molar-refractivity contribution < 1.29 is 4.79 Å². The van der Waals surface area contributed by atoms with Crippen molar-refractivity contribution in [2.75, 3.05) is 5.32 Å². The summed E-state index contributed by atoms with van der Waals surface area (Å²) in [6.45, 7) is 9.36. The van der Waals surface area contributed by atoms with Crippen LogP contribution < -0.4 is 10.6 Å². The van der Waals surface area contributed by atoms with Crippen molar-refractivity contribution in [2.24, 2.45) is 5.41 Å². The molecule has 0 aliphatic carbocycles. The Morgan fingerprint density at radius 3 is 2.62 bits per heavy atom. The molecule has 0 unspecified atom stereocenters. The molecule has 0 fully saturated rings. The van der Waals surface area contributed by atoms with Crippen molar-refractivity contribution in [3.63, 3.8) is 0 Å². The molecule has 3 aromatic rings. The minimum Gasteiger partial charge on any atom is -0.332 e. The summed E-state index contributed by atoms with van der Waals surface area (Å²) >= 11 is 6.74. The fourth-order valence-electron chi connectivity index (χ4n) is 2.17. The number of rotatable bonds is 2. The van der Waals surface area contributed by atoms with Crippen molar-refractivity contribution in [3.8, 4) is 10.6 Å². The van der Waals surface area contributed by atoms with Crippen LogP contribution in [-0.4, -0.2) is 30.8 Å². The first kappa shape index (κ1) is 18.4. The molecular formula is C17H20N6OS2. The van der Waals surface area contributed by atoms with E-state index < -0.39 is 5.41 Å². The predicted molar refractivity (Wildman–Crippen MR) is 107 cm³/mol. The second-order valence-corrected chi connectivity index (χ2v) is 8.40. The highest BCUT2D eigenvalue weighted by atomic mass is 32.1. The van der Waals surface area contributed by atoms with Crippen LogP contribution in [0.5, 0.6) is 0 Å². The van der Waals surface area contributed by atoms with Gasteiger partial charge in [0.2, 0.25) is 10.9 Å². The molecule has 7 nitrogen and oxygen atoms in total. The molecule has 0 saturated carbocycles. The van der Waals surface area contributed by atoms with E-state index in [1.54, 1.807) is 4.52 Å². The number of nitrogens with one attached hydrogen (secondary N) is 2. The molecule has 0 saturated heterocycles. The van der Waals surface area contributed by atoms with Crippen LogP contribution >= 0.6 is 23.6 Å². The number of hydrogen-bond acceptors (Lipinski definition) is 6. The topological polar surface area (TPSA) is 84.2 Å². The van der Waals surface area contributed by atoms with E-state index >= 15 is 0 Å². The Balaban J connectivity index is 1.83. The number of anilines is 1. The molecule has 0 radical (unpaired) electrons. The van der Waals surface area contributed by atoms with Gasteiger partial charge in [0.25, 0.3) is 0 Å². The molecule has 0 atom stereocenters. The maximum atomic E-state index is 12.1. The van der Waals surface area contributed by atoms with Gasteiger partial charge in [-0.15, -0.1) is 10.2 Å². The quantitative estimate of drug-likeness (QED) is 0.655. The monoisotopic (exact) mass is 388 g/mol. The van der Waals surface area contributed by atoms with E-state index in [1.807, 2.05) is 52.8 Å². The smallest absolute Gasteiger partial charge is 0.234 e. The minimum atomic E-state index is -0.510. The van der Waals surface area contributed by atoms with Crippen molar-refractivity contribution in [2.45, 2.75) is 34.6 Å². The second-order valence-electron chi connectivity index (χ2n) is 7.04. The lowest BCUT2D eigenvalue weighted by atomic mass is 9.96. The largest absolute Gasteiger partial charge is 0.332 e. The zero-order valence-corrected chi connectivity index (χ0v) is 16.9. The third kappa shape index (κ3) is 3.73. The molecule has 1 amide bonds. The van der Waals surface area contributed by atoms with E-state index in [9.17, 15) is 4.79 Å². The van der Waals surface area contributed by atoms with Gasteiger partial charge in [-0.1, -0.05) is 44.2 Å². The summed E-state index contributed by atoms with van der Waals surface area (Å²) in [7, 11) is 0. The number of carbonyl (C=O) groups is 1. The molecule has 3 rings (SSSR count). The van der Waals surface area contributed by atoms with Crippen molar-refractivity contribution in [3.05, 3.63) is 29.6 Å². The molecular weight excluding hydrogens is 368 g/mol. The van der Waals surface area contributed by atoms with Crippen molar-refractivity contribution >= 4 is 45.2 Å². The van der Waals surface area contributed by atoms with Crippen LogP contribution in [0.15, 0.2) is 18.2 Å². The Labute approximate surface area is 160 Å². The van der Waals surface area contributed by atoms with Crippen molar-refractivity contribution in [1.29, 1.82) is 0 Å². The Morgan fingerprint density at radius 1 is 1.23 bits per heavy atom. The second kappa shape index (κ2) is 6.73. The molecule has 0 aliphatic heterocycles. The van der Waals surface area contributed by atoms with Gasteiger partial charge in [-0.3, -0.25) is 4.79 Å². The van der Waals surface area contributed by atoms with Gasteiger partial charge in [-0.2, -0.15) is 9.61 Å². The van der Waals surface area contributed by atoms with E-state index in [-0.39, 0.29) is 11.0 Å². The molecule has 26 heavy (non-hydrogen) atoms. The van der Waals surface area contributed by atoms with Gasteiger partial charge < -0.3 is 10.6 Å². The van der Waals surface area contributed by atoms with E-state index in [4.69, 9.17) is 12.2 Å². The first-order valence-corrected chi connectivity index (χ1v) is 9.30. The number of amides is 1. The lowest BCUT2D eigenvalue weighted by molar-refractivity contribution is -0.126. The SMILES string of the molecule is Cc1ccc(-c2nn3c(C)nnc3s2)cc1NC(=S)NC(=O)C(C)(C)C. The van der Waals surface area contributed by atoms with E-state index in [2.05, 4.69) is 25.9 Å². The summed E-state index contributed by atoms with van der Waals surface area (Å²) in [6, 6.07) is 5.95. The van der Waals surface area contributed by atoms with Gasteiger partial charge >= 0.3 is 0 Å². The highest BCUT2D eigenvalue weighted by Gasteiger charge is 2.22. The summed E-state index contributed by atoms with van der Waals surface area (Å²) < 4.78 is 1.72. The first-order chi connectivity index (χ1) is 12.1. The molecule has 0 aliphatic rings. The van der Waals surface area contributed by atoms with Crippen LogP contribution in [0.4, 0.5) is 5.69 Å². The lowest BCUT2D eigenvalue weighted by Gasteiger charge is -2.19. The van der Waals surface area contributed by atoms with Gasteiger partial charge in [0.05, 0.1) is 0 Å². The third-order valence-corrected chi connectivity index (χ3v) is 4.94. The van der Waals surface area contributed by atoms with Crippen LogP contribution in [0.25, 0.3) is 15.5 Å². The molecule has 2 aromatic heterocycles. The Bertz CT molecular complexity index is 999. The Kier molecular flexibility index (Phi) is 4.76. The predicted octanol–water partition coefficient (Wildman–Crippen LogP) is 3.33. The fourth-order valence-corrected chi connectivity index (χ4v) is 3.25. The lowest BCUT2D eigenvalue weighted by Crippen LogP contribution is -2.41. The third-order valence-electron chi connectivity index (χ3n) is 3.79. The van der Waals surface area contributed by atoms with E-state index in [0.29, 0.717) is 0 Å². The van der Waals surface area contributed by atoms with Crippen LogP contribution in [0.2, 0.25) is 0 Å². The molecule has 2 heterocycles. The number of carbonyl (C=O) groups excluding carboxylic acids is 1. The zero-order chi connectivity index (χ0) is 19.1. The minimum absolute atomic E-state index is 0.132. The summed E-state index contributed by atoms with van der Waals surface area (Å²) in [4.78, 5) is 12.8. The zero-order valence-electron chi connectivity index (χ0n) is 15.2. The summed E-state index contributed by atoms with van der Waals surface area (Å²) in [5, 5.41) is 19.6. The normalized spacial score (nSPS) is 11.6. The highest BCUT2D eigenvalue weighted by molar-refractivity contribution is 7.80. The fraction of sp³-hybridized carbons (Fsp3) is 0.353. The van der Waals surface area contributed by atoms with Crippen LogP contribution in [0, 0.1) is 19.3 Å². The number of aromatic nitrogens is 4. The van der Waals surface area contributed by atoms with Gasteiger partial charge in [-0.05, 0) is 37.7 Å². The number of aryl methyl sites for hydroxylation is 2. The molecule has 9 heteroatoms. The average Bonchev–Trinajstić information content (AvgIpc) is 3.11. The molecule has 0 spiro atoms. The number of fused-ring (bicyclic) bond motifs is 1. The van der Waals surface area contributed by atoms with Crippen LogP contribution in [-0.2, 0) is 4.79 Å². The maximum absolute atomic E-state index is 12.1. The standard InChI is InChI=1S/C17H20N6OS2/c1-9-6-7-11(13-22-23-10(2)20-21-16(23)26-13)8-12(9)18-15(25)19-14(24)17(3,4)5/h6-8H,1-5H3,(H2,18,19,24,25). The van der Waals surface area contributed by atoms with Crippen LogP contribution in [0.1, 0.15) is 32.2 Å². The number of hydrogen-bond donors (Lipinski definition) is 2. The van der Waals surface area contributed by atoms with E-state index in [0.717, 1.165) is 32.6 Å².